The maximum absolute atomic E-state index is 11.9. The van der Waals surface area contributed by atoms with Crippen LogP contribution in [0.25, 0.3) is 16.3 Å². The first-order valence-corrected chi connectivity index (χ1v) is 8.32. The zero-order chi connectivity index (χ0) is 16.4. The third-order valence-electron chi connectivity index (χ3n) is 2.77. The summed E-state index contributed by atoms with van der Waals surface area (Å²) < 4.78 is 0.880. The topological polar surface area (TPSA) is 85.1 Å². The molecular formula is C14H8ClN3O3S2. The van der Waals surface area contributed by atoms with Crippen molar-refractivity contribution in [2.24, 2.45) is 0 Å². The van der Waals surface area contributed by atoms with Crippen molar-refractivity contribution in [3.63, 3.8) is 0 Å². The molecule has 0 bridgehead atoms. The fourth-order valence-electron chi connectivity index (χ4n) is 1.79. The van der Waals surface area contributed by atoms with Gasteiger partial charge in [-0.1, -0.05) is 34.3 Å². The first-order chi connectivity index (χ1) is 11.0. The number of rotatable bonds is 4. The number of carbonyl (C=O) groups excluding carboxylic acids is 1. The highest BCUT2D eigenvalue weighted by Crippen LogP contribution is 2.28. The Bertz CT molecular complexity index is 932. The summed E-state index contributed by atoms with van der Waals surface area (Å²) in [5.74, 6) is -0.355. The van der Waals surface area contributed by atoms with Crippen LogP contribution in [0.3, 0.4) is 0 Å². The zero-order valence-electron chi connectivity index (χ0n) is 11.4. The third kappa shape index (κ3) is 3.73. The van der Waals surface area contributed by atoms with E-state index in [1.807, 2.05) is 0 Å². The Morgan fingerprint density at radius 3 is 2.87 bits per heavy atom. The molecule has 0 aliphatic heterocycles. The number of nitrogens with one attached hydrogen (secondary N) is 1. The molecule has 3 rings (SSSR count). The van der Waals surface area contributed by atoms with Crippen LogP contribution >= 0.6 is 34.3 Å². The van der Waals surface area contributed by atoms with Crippen LogP contribution in [0.2, 0.25) is 5.02 Å². The van der Waals surface area contributed by atoms with Crippen molar-refractivity contribution in [2.45, 2.75) is 0 Å². The molecule has 0 saturated heterocycles. The van der Waals surface area contributed by atoms with Crippen LogP contribution in [-0.4, -0.2) is 15.8 Å². The predicted octanol–water partition coefficient (Wildman–Crippen LogP) is 4.57. The minimum atomic E-state index is -0.464. The minimum Gasteiger partial charge on any atom is -0.298 e. The average Bonchev–Trinajstić information content (AvgIpc) is 3.10. The minimum absolute atomic E-state index is 0.0353. The lowest BCUT2D eigenvalue weighted by Gasteiger charge is -1.94. The summed E-state index contributed by atoms with van der Waals surface area (Å²) in [5, 5.41) is 14.4. The monoisotopic (exact) mass is 365 g/mol. The summed E-state index contributed by atoms with van der Waals surface area (Å²) >= 11 is 8.23. The van der Waals surface area contributed by atoms with Gasteiger partial charge < -0.3 is 0 Å². The van der Waals surface area contributed by atoms with E-state index in [9.17, 15) is 14.9 Å². The van der Waals surface area contributed by atoms with Crippen molar-refractivity contribution in [1.82, 2.24) is 4.98 Å². The SMILES string of the molecule is O=C(C=Cc1ccc([N+](=O)[O-])s1)Nc1nc2ccc(Cl)cc2s1. The number of nitrogens with zero attached hydrogens (tertiary/aromatic N) is 2. The lowest BCUT2D eigenvalue weighted by molar-refractivity contribution is -0.380. The number of fused-ring (bicyclic) bond motifs is 1. The number of halogens is 1. The molecule has 0 aliphatic rings. The summed E-state index contributed by atoms with van der Waals surface area (Å²) in [7, 11) is 0. The van der Waals surface area contributed by atoms with Gasteiger partial charge in [-0.2, -0.15) is 0 Å². The van der Waals surface area contributed by atoms with Crippen LogP contribution in [0.4, 0.5) is 10.1 Å². The molecule has 9 heteroatoms. The molecule has 0 unspecified atom stereocenters. The number of anilines is 1. The van der Waals surface area contributed by atoms with Crippen LogP contribution in [0.15, 0.2) is 36.4 Å². The molecule has 3 aromatic rings. The quantitative estimate of drug-likeness (QED) is 0.417. The van der Waals surface area contributed by atoms with Gasteiger partial charge in [-0.15, -0.1) is 0 Å². The standard InChI is InChI=1S/C14H8ClN3O3S2/c15-8-1-4-10-11(7-8)23-14(16-10)17-12(19)5-2-9-3-6-13(22-9)18(20)21/h1-7H,(H,16,17,19). The number of amides is 1. The number of aromatic nitrogens is 1. The van der Waals surface area contributed by atoms with E-state index in [1.54, 1.807) is 24.3 Å². The normalized spacial score (nSPS) is 11.2. The van der Waals surface area contributed by atoms with Gasteiger partial charge in [0.1, 0.15) is 0 Å². The van der Waals surface area contributed by atoms with Crippen molar-refractivity contribution in [3.8, 4) is 0 Å². The molecule has 23 heavy (non-hydrogen) atoms. The van der Waals surface area contributed by atoms with E-state index >= 15 is 0 Å². The van der Waals surface area contributed by atoms with Crippen LogP contribution < -0.4 is 5.32 Å². The Balaban J connectivity index is 1.69. The molecule has 1 aromatic carbocycles. The van der Waals surface area contributed by atoms with E-state index in [2.05, 4.69) is 10.3 Å². The summed E-state index contributed by atoms with van der Waals surface area (Å²) in [6.07, 6.45) is 2.84. The van der Waals surface area contributed by atoms with E-state index in [-0.39, 0.29) is 10.9 Å². The van der Waals surface area contributed by atoms with Crippen molar-refractivity contribution < 1.29 is 9.72 Å². The van der Waals surface area contributed by atoms with Gasteiger partial charge in [0, 0.05) is 22.0 Å². The van der Waals surface area contributed by atoms with E-state index in [4.69, 9.17) is 11.6 Å². The van der Waals surface area contributed by atoms with E-state index < -0.39 is 4.92 Å². The van der Waals surface area contributed by atoms with Gasteiger partial charge in [0.2, 0.25) is 5.91 Å². The second kappa shape index (κ2) is 6.45. The molecule has 0 atom stereocenters. The summed E-state index contributed by atoms with van der Waals surface area (Å²) in [6.45, 7) is 0. The molecule has 0 saturated carbocycles. The van der Waals surface area contributed by atoms with Crippen molar-refractivity contribution in [3.05, 3.63) is 56.4 Å². The van der Waals surface area contributed by atoms with Gasteiger partial charge in [-0.3, -0.25) is 20.2 Å². The molecule has 2 heterocycles. The Morgan fingerprint density at radius 1 is 1.30 bits per heavy atom. The first kappa shape index (κ1) is 15.6. The highest BCUT2D eigenvalue weighted by molar-refractivity contribution is 7.22. The first-order valence-electron chi connectivity index (χ1n) is 6.30. The van der Waals surface area contributed by atoms with Crippen molar-refractivity contribution in [2.75, 3.05) is 5.32 Å². The van der Waals surface area contributed by atoms with Crippen molar-refractivity contribution >= 4 is 66.6 Å². The molecule has 0 fully saturated rings. The molecule has 0 spiro atoms. The fraction of sp³-hybridized carbons (Fsp3) is 0. The Kier molecular flexibility index (Phi) is 4.37. The van der Waals surface area contributed by atoms with Crippen LogP contribution in [0.1, 0.15) is 4.88 Å². The zero-order valence-corrected chi connectivity index (χ0v) is 13.7. The van der Waals surface area contributed by atoms with Gasteiger partial charge in [0.15, 0.2) is 5.13 Å². The lowest BCUT2D eigenvalue weighted by Crippen LogP contribution is -2.06. The number of benzene rings is 1. The number of hydrogen-bond acceptors (Lipinski definition) is 6. The second-order valence-electron chi connectivity index (χ2n) is 4.39. The maximum atomic E-state index is 11.9. The van der Waals surface area contributed by atoms with Crippen LogP contribution in [0.5, 0.6) is 0 Å². The summed E-state index contributed by atoms with van der Waals surface area (Å²) in [6, 6.07) is 8.29. The number of hydrogen-bond donors (Lipinski definition) is 1. The highest BCUT2D eigenvalue weighted by atomic mass is 35.5. The second-order valence-corrected chi connectivity index (χ2v) is 6.95. The molecule has 116 valence electrons. The van der Waals surface area contributed by atoms with Gasteiger partial charge in [0.25, 0.3) is 0 Å². The van der Waals surface area contributed by atoms with E-state index in [0.29, 0.717) is 15.0 Å². The van der Waals surface area contributed by atoms with Gasteiger partial charge in [-0.25, -0.2) is 4.98 Å². The Morgan fingerprint density at radius 2 is 2.13 bits per heavy atom. The molecule has 2 aromatic heterocycles. The molecule has 1 N–H and O–H groups in total. The third-order valence-corrected chi connectivity index (χ3v) is 4.94. The Hall–Kier alpha value is -2.29. The predicted molar refractivity (Wildman–Crippen MR) is 93.3 cm³/mol. The van der Waals surface area contributed by atoms with E-state index in [1.165, 1.54) is 29.6 Å². The number of thiophene rings is 1. The molecule has 0 radical (unpaired) electrons. The lowest BCUT2D eigenvalue weighted by atomic mass is 10.3. The summed E-state index contributed by atoms with van der Waals surface area (Å²) in [4.78, 5) is 26.9. The maximum Gasteiger partial charge on any atom is 0.324 e. The number of carbonyl (C=O) groups is 1. The van der Waals surface area contributed by atoms with Crippen LogP contribution in [-0.2, 0) is 4.79 Å². The van der Waals surface area contributed by atoms with Gasteiger partial charge >= 0.3 is 5.00 Å². The van der Waals surface area contributed by atoms with Gasteiger partial charge in [0.05, 0.1) is 15.1 Å². The highest BCUT2D eigenvalue weighted by Gasteiger charge is 2.09. The number of nitro groups is 1. The molecule has 0 aliphatic carbocycles. The van der Waals surface area contributed by atoms with E-state index in [0.717, 1.165) is 21.6 Å². The molecular weight excluding hydrogens is 358 g/mol. The molecule has 6 nitrogen and oxygen atoms in total. The van der Waals surface area contributed by atoms with Gasteiger partial charge in [-0.05, 0) is 30.3 Å². The summed E-state index contributed by atoms with van der Waals surface area (Å²) in [5.41, 5.74) is 0.757. The fourth-order valence-corrected chi connectivity index (χ4v) is 3.66. The smallest absolute Gasteiger partial charge is 0.298 e. The number of thiazole rings is 1. The Labute approximate surface area is 143 Å². The molecule has 1 amide bonds. The average molecular weight is 366 g/mol. The van der Waals surface area contributed by atoms with Crippen LogP contribution in [0, 0.1) is 10.1 Å². The largest absolute Gasteiger partial charge is 0.324 e. The van der Waals surface area contributed by atoms with Crippen molar-refractivity contribution in [1.29, 1.82) is 0 Å².